The van der Waals surface area contributed by atoms with Crippen LogP contribution in [0.5, 0.6) is 0 Å². The Hall–Kier alpha value is -2.27. The fourth-order valence-electron chi connectivity index (χ4n) is 2.65. The lowest BCUT2D eigenvalue weighted by Gasteiger charge is -2.37. The molecule has 4 nitrogen and oxygen atoms in total. The van der Waals surface area contributed by atoms with E-state index in [0.717, 1.165) is 21.9 Å². The first-order valence-electron chi connectivity index (χ1n) is 7.39. The minimum atomic E-state index is -0.450. The van der Waals surface area contributed by atoms with Crippen LogP contribution in [0.1, 0.15) is 18.5 Å². The van der Waals surface area contributed by atoms with Gasteiger partial charge in [0.25, 0.3) is 5.91 Å². The summed E-state index contributed by atoms with van der Waals surface area (Å²) in [6.07, 6.45) is 0. The van der Waals surface area contributed by atoms with E-state index >= 15 is 0 Å². The molecule has 5 heteroatoms. The maximum atomic E-state index is 12.7. The monoisotopic (exact) mass is 327 g/mol. The van der Waals surface area contributed by atoms with Gasteiger partial charge in [-0.25, -0.2) is 0 Å². The quantitative estimate of drug-likeness (QED) is 0.810. The first-order chi connectivity index (χ1) is 11.2. The van der Waals surface area contributed by atoms with Crippen LogP contribution in [0.4, 0.5) is 5.69 Å². The number of hydrogen-bond donors (Lipinski definition) is 0. The summed E-state index contributed by atoms with van der Waals surface area (Å²) in [4.78, 5) is 26.5. The van der Waals surface area contributed by atoms with E-state index in [4.69, 9.17) is 4.74 Å². The van der Waals surface area contributed by atoms with E-state index in [1.54, 1.807) is 16.7 Å². The smallest absolute Gasteiger partial charge is 0.303 e. The maximum Gasteiger partial charge on any atom is 0.303 e. The van der Waals surface area contributed by atoms with Crippen molar-refractivity contribution in [3.05, 3.63) is 60.2 Å². The Labute approximate surface area is 139 Å². The summed E-state index contributed by atoms with van der Waals surface area (Å²) in [5.74, 6) is 0.114. The predicted molar refractivity (Wildman–Crippen MR) is 90.5 cm³/mol. The number of fused-ring (bicyclic) bond motifs is 1. The number of ether oxygens (including phenoxy) is 1. The van der Waals surface area contributed by atoms with Gasteiger partial charge >= 0.3 is 5.97 Å². The summed E-state index contributed by atoms with van der Waals surface area (Å²) in [5, 5.41) is 0. The normalized spacial score (nSPS) is 16.6. The van der Waals surface area contributed by atoms with Gasteiger partial charge in [-0.1, -0.05) is 42.5 Å². The lowest BCUT2D eigenvalue weighted by atomic mass is 10.1. The van der Waals surface area contributed by atoms with Gasteiger partial charge in [0.15, 0.2) is 6.61 Å². The molecule has 0 spiro atoms. The van der Waals surface area contributed by atoms with Crippen molar-refractivity contribution in [2.75, 3.05) is 17.3 Å². The van der Waals surface area contributed by atoms with Crippen molar-refractivity contribution >= 4 is 29.3 Å². The van der Waals surface area contributed by atoms with Crippen molar-refractivity contribution < 1.29 is 14.3 Å². The van der Waals surface area contributed by atoms with Crippen molar-refractivity contribution in [3.63, 3.8) is 0 Å². The average Bonchev–Trinajstić information content (AvgIpc) is 2.59. The molecule has 1 aliphatic heterocycles. The number of carbonyl (C=O) groups is 2. The van der Waals surface area contributed by atoms with Gasteiger partial charge in [-0.3, -0.25) is 14.5 Å². The molecule has 0 bridgehead atoms. The van der Waals surface area contributed by atoms with E-state index < -0.39 is 5.97 Å². The number of benzene rings is 2. The third-order valence-corrected chi connectivity index (χ3v) is 4.82. The van der Waals surface area contributed by atoms with Gasteiger partial charge in [0.05, 0.1) is 11.7 Å². The van der Waals surface area contributed by atoms with E-state index in [0.29, 0.717) is 0 Å². The van der Waals surface area contributed by atoms with Crippen molar-refractivity contribution in [2.45, 2.75) is 17.9 Å². The summed E-state index contributed by atoms with van der Waals surface area (Å²) in [6.45, 7) is 1.07. The fourth-order valence-corrected chi connectivity index (χ4v) is 3.82. The largest absolute Gasteiger partial charge is 0.456 e. The van der Waals surface area contributed by atoms with E-state index in [1.807, 2.05) is 54.6 Å². The lowest BCUT2D eigenvalue weighted by Crippen LogP contribution is -2.41. The van der Waals surface area contributed by atoms with Crippen LogP contribution in [0.3, 0.4) is 0 Å². The molecule has 1 heterocycles. The number of rotatable bonds is 3. The lowest BCUT2D eigenvalue weighted by molar-refractivity contribution is -0.145. The Morgan fingerprint density at radius 1 is 1.13 bits per heavy atom. The van der Waals surface area contributed by atoms with Crippen molar-refractivity contribution in [1.29, 1.82) is 0 Å². The Bertz CT molecular complexity index is 717. The van der Waals surface area contributed by atoms with Crippen LogP contribution in [-0.4, -0.2) is 24.2 Å². The highest BCUT2D eigenvalue weighted by Crippen LogP contribution is 2.43. The summed E-state index contributed by atoms with van der Waals surface area (Å²) < 4.78 is 4.92. The Balaban J connectivity index is 1.96. The minimum Gasteiger partial charge on any atom is -0.456 e. The number of amides is 1. The molecule has 1 atom stereocenters. The van der Waals surface area contributed by atoms with Gasteiger partial charge in [-0.05, 0) is 17.7 Å². The highest BCUT2D eigenvalue weighted by Gasteiger charge is 2.32. The topological polar surface area (TPSA) is 46.6 Å². The molecule has 0 saturated heterocycles. The molecule has 1 aliphatic rings. The van der Waals surface area contributed by atoms with Crippen LogP contribution in [-0.2, 0) is 14.3 Å². The van der Waals surface area contributed by atoms with E-state index in [2.05, 4.69) is 0 Å². The standard InChI is InChI=1S/C18H17NO3S/c1-13(20)22-11-18(21)19-15-9-5-6-10-17(15)23-12-16(19)14-7-3-2-4-8-14/h2-10,16H,11-12H2,1H3/t16-/m1/s1. The van der Waals surface area contributed by atoms with Gasteiger partial charge in [0.1, 0.15) is 0 Å². The average molecular weight is 327 g/mol. The number of para-hydroxylation sites is 1. The molecule has 2 aromatic rings. The second-order valence-corrected chi connectivity index (χ2v) is 6.31. The molecular weight excluding hydrogens is 310 g/mol. The number of nitrogens with zero attached hydrogens (tertiary/aromatic N) is 1. The van der Waals surface area contributed by atoms with Gasteiger partial charge < -0.3 is 4.74 Å². The zero-order chi connectivity index (χ0) is 16.2. The van der Waals surface area contributed by atoms with Crippen molar-refractivity contribution in [2.24, 2.45) is 0 Å². The zero-order valence-electron chi connectivity index (χ0n) is 12.8. The van der Waals surface area contributed by atoms with Crippen LogP contribution < -0.4 is 4.90 Å². The first-order valence-corrected chi connectivity index (χ1v) is 8.37. The summed E-state index contributed by atoms with van der Waals surface area (Å²) in [5.41, 5.74) is 1.94. The number of hydrogen-bond acceptors (Lipinski definition) is 4. The van der Waals surface area contributed by atoms with E-state index in [-0.39, 0.29) is 18.6 Å². The van der Waals surface area contributed by atoms with Crippen LogP contribution >= 0.6 is 11.8 Å². The molecule has 0 aromatic heterocycles. The number of carbonyl (C=O) groups excluding carboxylic acids is 2. The van der Waals surface area contributed by atoms with Gasteiger partial charge in [0, 0.05) is 17.6 Å². The molecule has 23 heavy (non-hydrogen) atoms. The second-order valence-electron chi connectivity index (χ2n) is 5.25. The third kappa shape index (κ3) is 3.40. The predicted octanol–water partition coefficient (Wildman–Crippen LogP) is 3.43. The molecule has 0 unspecified atom stereocenters. The highest BCUT2D eigenvalue weighted by molar-refractivity contribution is 7.99. The van der Waals surface area contributed by atoms with Gasteiger partial charge in [-0.2, -0.15) is 0 Å². The number of thioether (sulfide) groups is 1. The highest BCUT2D eigenvalue weighted by atomic mass is 32.2. The number of anilines is 1. The number of esters is 1. The first kappa shape index (κ1) is 15.6. The summed E-state index contributed by atoms with van der Waals surface area (Å²) in [7, 11) is 0. The second kappa shape index (κ2) is 6.87. The van der Waals surface area contributed by atoms with Gasteiger partial charge in [-0.15, -0.1) is 11.8 Å². The van der Waals surface area contributed by atoms with Gasteiger partial charge in [0.2, 0.25) is 0 Å². The molecule has 0 aliphatic carbocycles. The molecule has 0 fully saturated rings. The molecule has 0 N–H and O–H groups in total. The Morgan fingerprint density at radius 3 is 2.57 bits per heavy atom. The van der Waals surface area contributed by atoms with Crippen LogP contribution in [0.25, 0.3) is 0 Å². The van der Waals surface area contributed by atoms with E-state index in [9.17, 15) is 9.59 Å². The maximum absolute atomic E-state index is 12.7. The van der Waals surface area contributed by atoms with Crippen molar-refractivity contribution in [3.8, 4) is 0 Å². The van der Waals surface area contributed by atoms with E-state index in [1.165, 1.54) is 6.92 Å². The van der Waals surface area contributed by atoms with Crippen LogP contribution in [0.15, 0.2) is 59.5 Å². The van der Waals surface area contributed by atoms with Crippen LogP contribution in [0.2, 0.25) is 0 Å². The Kier molecular flexibility index (Phi) is 4.67. The molecule has 0 saturated carbocycles. The molecule has 0 radical (unpaired) electrons. The summed E-state index contributed by atoms with van der Waals surface area (Å²) in [6, 6.07) is 17.7. The third-order valence-electron chi connectivity index (χ3n) is 3.69. The SMILES string of the molecule is CC(=O)OCC(=O)N1c2ccccc2SC[C@@H]1c1ccccc1. The fraction of sp³-hybridized carbons (Fsp3) is 0.222. The Morgan fingerprint density at radius 2 is 1.83 bits per heavy atom. The molecule has 2 aromatic carbocycles. The minimum absolute atomic E-state index is 0.0702. The molecule has 118 valence electrons. The molecular formula is C18H17NO3S. The zero-order valence-corrected chi connectivity index (χ0v) is 13.6. The van der Waals surface area contributed by atoms with Crippen molar-refractivity contribution in [1.82, 2.24) is 0 Å². The summed E-state index contributed by atoms with van der Waals surface area (Å²) >= 11 is 1.74. The molecule has 3 rings (SSSR count). The van der Waals surface area contributed by atoms with Crippen LogP contribution in [0, 0.1) is 0 Å². The molecule has 1 amide bonds.